The summed E-state index contributed by atoms with van der Waals surface area (Å²) in [5.74, 6) is 0. The molecule has 19 heavy (non-hydrogen) atoms. The molecule has 1 unspecified atom stereocenters. The maximum Gasteiger partial charge on any atom is 0.304 e. The predicted octanol–water partition coefficient (Wildman–Crippen LogP) is 2.29. The molecule has 0 aromatic heterocycles. The Hall–Kier alpha value is 0.190. The van der Waals surface area contributed by atoms with E-state index in [0.717, 1.165) is 39.3 Å². The van der Waals surface area contributed by atoms with Crippen molar-refractivity contribution in [1.82, 2.24) is 20.0 Å². The molecule has 7 heteroatoms. The summed E-state index contributed by atoms with van der Waals surface area (Å²) in [6.07, 6.45) is 0. The van der Waals surface area contributed by atoms with Crippen molar-refractivity contribution in [2.24, 2.45) is 0 Å². The van der Waals surface area contributed by atoms with E-state index in [9.17, 15) is 4.89 Å². The van der Waals surface area contributed by atoms with E-state index in [1.54, 1.807) is 5.06 Å². The molecule has 0 heterocycles. The van der Waals surface area contributed by atoms with Crippen LogP contribution in [0.3, 0.4) is 0 Å². The van der Waals surface area contributed by atoms with Gasteiger partial charge in [0.05, 0.1) is 0 Å². The van der Waals surface area contributed by atoms with Crippen LogP contribution in [-0.4, -0.2) is 64.1 Å². The molecule has 116 valence electrons. The minimum Gasteiger partial charge on any atom is -0.335 e. The fourth-order valence-corrected chi connectivity index (χ4v) is 3.27. The molecule has 0 saturated heterocycles. The van der Waals surface area contributed by atoms with Crippen molar-refractivity contribution in [3.63, 3.8) is 0 Å². The molecule has 0 radical (unpaired) electrons. The van der Waals surface area contributed by atoms with Crippen molar-refractivity contribution in [2.45, 2.75) is 41.5 Å². The highest BCUT2D eigenvalue weighted by molar-refractivity contribution is 7.43. The third kappa shape index (κ3) is 6.00. The van der Waals surface area contributed by atoms with Gasteiger partial charge >= 0.3 is 8.53 Å². The highest BCUT2D eigenvalue weighted by Gasteiger charge is 2.29. The molecular weight excluding hydrogens is 263 g/mol. The van der Waals surface area contributed by atoms with Crippen LogP contribution in [0.4, 0.5) is 0 Å². The molecule has 0 fully saturated rings. The van der Waals surface area contributed by atoms with Gasteiger partial charge in [0.25, 0.3) is 0 Å². The molecule has 6 nitrogen and oxygen atoms in total. The van der Waals surface area contributed by atoms with E-state index in [1.165, 1.54) is 0 Å². The zero-order valence-corrected chi connectivity index (χ0v) is 14.2. The summed E-state index contributed by atoms with van der Waals surface area (Å²) < 4.78 is 5.68. The lowest BCUT2D eigenvalue weighted by atomic mass is 10.6. The minimum atomic E-state index is -1.69. The highest BCUT2D eigenvalue weighted by atomic mass is 31.2. The van der Waals surface area contributed by atoms with Gasteiger partial charge in [0.1, 0.15) is 0 Å². The SMILES string of the molecule is CCN(CC)OP(O)N(N(CC)CC)N(CC)CC. The smallest absolute Gasteiger partial charge is 0.304 e. The molecule has 0 aromatic carbocycles. The van der Waals surface area contributed by atoms with Gasteiger partial charge in [-0.2, -0.15) is 5.06 Å². The number of hydrazine groups is 2. The second kappa shape index (κ2) is 10.9. The van der Waals surface area contributed by atoms with Crippen LogP contribution in [0.2, 0.25) is 0 Å². The fourth-order valence-electron chi connectivity index (χ4n) is 1.82. The Morgan fingerprint density at radius 3 is 1.37 bits per heavy atom. The van der Waals surface area contributed by atoms with Gasteiger partial charge in [-0.25, -0.2) is 14.6 Å². The second-order valence-corrected chi connectivity index (χ2v) is 5.02. The van der Waals surface area contributed by atoms with Crippen LogP contribution in [0, 0.1) is 0 Å². The van der Waals surface area contributed by atoms with Crippen LogP contribution in [0.5, 0.6) is 0 Å². The molecule has 0 aromatic rings. The first-order valence-electron chi connectivity index (χ1n) is 7.31. The standard InChI is InChI=1S/C12H31N4O2P/c1-7-13(8-2)16(14(9-3)10-4)19(17)18-15(11-5)12-6/h17H,7-12H2,1-6H3. The van der Waals surface area contributed by atoms with E-state index in [4.69, 9.17) is 4.62 Å². The molecule has 0 amide bonds. The van der Waals surface area contributed by atoms with Crippen LogP contribution in [0.15, 0.2) is 0 Å². The summed E-state index contributed by atoms with van der Waals surface area (Å²) in [7, 11) is -1.69. The maximum atomic E-state index is 10.5. The van der Waals surface area contributed by atoms with Gasteiger partial charge in [0, 0.05) is 39.3 Å². The molecule has 0 aliphatic carbocycles. The average Bonchev–Trinajstić information content (AvgIpc) is 2.45. The second-order valence-electron chi connectivity index (χ2n) is 3.99. The average molecular weight is 294 g/mol. The third-order valence-electron chi connectivity index (χ3n) is 3.01. The Labute approximate surface area is 119 Å². The van der Waals surface area contributed by atoms with Crippen molar-refractivity contribution < 1.29 is 9.52 Å². The van der Waals surface area contributed by atoms with Gasteiger partial charge in [0.15, 0.2) is 0 Å². The van der Waals surface area contributed by atoms with E-state index in [0.29, 0.717) is 0 Å². The Balaban J connectivity index is 4.89. The monoisotopic (exact) mass is 294 g/mol. The van der Waals surface area contributed by atoms with Crippen molar-refractivity contribution in [1.29, 1.82) is 0 Å². The summed E-state index contributed by atoms with van der Waals surface area (Å²) in [6.45, 7) is 17.3. The Kier molecular flexibility index (Phi) is 11.0. The molecular formula is C12H31N4O2P. The van der Waals surface area contributed by atoms with Crippen LogP contribution in [0.1, 0.15) is 41.5 Å². The number of hydrogen-bond donors (Lipinski definition) is 1. The number of nitrogens with zero attached hydrogens (tertiary/aromatic N) is 4. The summed E-state index contributed by atoms with van der Waals surface area (Å²) >= 11 is 0. The first-order chi connectivity index (χ1) is 9.09. The van der Waals surface area contributed by atoms with Gasteiger partial charge in [-0.05, 0) is 0 Å². The van der Waals surface area contributed by atoms with E-state index >= 15 is 0 Å². The fraction of sp³-hybridized carbons (Fsp3) is 1.00. The summed E-state index contributed by atoms with van der Waals surface area (Å²) in [6, 6.07) is 0. The van der Waals surface area contributed by atoms with Crippen molar-refractivity contribution in [3.05, 3.63) is 0 Å². The van der Waals surface area contributed by atoms with E-state index < -0.39 is 8.53 Å². The lowest BCUT2D eigenvalue weighted by molar-refractivity contribution is -0.140. The van der Waals surface area contributed by atoms with Gasteiger partial charge in [0.2, 0.25) is 0 Å². The molecule has 0 rings (SSSR count). The Morgan fingerprint density at radius 1 is 0.737 bits per heavy atom. The minimum absolute atomic E-state index is 0.764. The summed E-state index contributed by atoms with van der Waals surface area (Å²) in [4.78, 5) is 12.3. The lowest BCUT2D eigenvalue weighted by Gasteiger charge is -2.42. The van der Waals surface area contributed by atoms with E-state index in [1.807, 2.05) is 18.7 Å². The van der Waals surface area contributed by atoms with Gasteiger partial charge in [-0.1, -0.05) is 46.4 Å². The van der Waals surface area contributed by atoms with Crippen LogP contribution >= 0.6 is 8.53 Å². The van der Waals surface area contributed by atoms with Gasteiger partial charge in [-0.15, -0.1) is 0 Å². The van der Waals surface area contributed by atoms with Crippen molar-refractivity contribution >= 4 is 8.53 Å². The largest absolute Gasteiger partial charge is 0.335 e. The predicted molar refractivity (Wildman–Crippen MR) is 80.8 cm³/mol. The van der Waals surface area contributed by atoms with Crippen molar-refractivity contribution in [3.8, 4) is 0 Å². The molecule has 0 aliphatic heterocycles. The first kappa shape index (κ1) is 19.2. The van der Waals surface area contributed by atoms with Gasteiger partial charge < -0.3 is 4.89 Å². The number of rotatable bonds is 11. The Morgan fingerprint density at radius 2 is 1.11 bits per heavy atom. The molecule has 0 saturated carbocycles. The lowest BCUT2D eigenvalue weighted by Crippen LogP contribution is -2.50. The summed E-state index contributed by atoms with van der Waals surface area (Å²) in [5, 5.41) is 5.98. The molecule has 0 aliphatic rings. The van der Waals surface area contributed by atoms with Crippen LogP contribution in [-0.2, 0) is 4.62 Å². The van der Waals surface area contributed by atoms with E-state index in [-0.39, 0.29) is 0 Å². The van der Waals surface area contributed by atoms with Gasteiger partial charge in [-0.3, -0.25) is 0 Å². The quantitative estimate of drug-likeness (QED) is 0.466. The number of hydrogen-bond acceptors (Lipinski definition) is 6. The normalized spacial score (nSPS) is 14.1. The first-order valence-corrected chi connectivity index (χ1v) is 8.47. The molecule has 0 spiro atoms. The summed E-state index contributed by atoms with van der Waals surface area (Å²) in [5.41, 5.74) is 0. The van der Waals surface area contributed by atoms with Crippen LogP contribution < -0.4 is 0 Å². The third-order valence-corrected chi connectivity index (χ3v) is 4.20. The maximum absolute atomic E-state index is 10.5. The topological polar surface area (TPSA) is 42.4 Å². The Bertz CT molecular complexity index is 200. The van der Waals surface area contributed by atoms with E-state index in [2.05, 4.69) is 37.7 Å². The number of hydroxylamine groups is 2. The highest BCUT2D eigenvalue weighted by Crippen LogP contribution is 2.40. The zero-order chi connectivity index (χ0) is 14.8. The molecule has 0 bridgehead atoms. The zero-order valence-electron chi connectivity index (χ0n) is 13.3. The van der Waals surface area contributed by atoms with Crippen molar-refractivity contribution in [2.75, 3.05) is 39.3 Å². The van der Waals surface area contributed by atoms with Crippen LogP contribution in [0.25, 0.3) is 0 Å². The molecule has 1 atom stereocenters. The molecule has 1 N–H and O–H groups in total.